The van der Waals surface area contributed by atoms with Crippen LogP contribution in [0.15, 0.2) is 61.2 Å². The summed E-state index contributed by atoms with van der Waals surface area (Å²) in [6, 6.07) is 16.1. The predicted molar refractivity (Wildman–Crippen MR) is 135 cm³/mol. The number of para-hydroxylation sites is 2. The first-order valence-electron chi connectivity index (χ1n) is 11.7. The zero-order valence-corrected chi connectivity index (χ0v) is 19.2. The summed E-state index contributed by atoms with van der Waals surface area (Å²) in [6.07, 6.45) is -1.34. The van der Waals surface area contributed by atoms with Gasteiger partial charge in [0.15, 0.2) is 23.2 Å². The molecule has 184 valence electrons. The van der Waals surface area contributed by atoms with Gasteiger partial charge in [-0.05, 0) is 12.1 Å². The number of hydrogen-bond acceptors (Lipinski definition) is 10. The quantitative estimate of drug-likeness (QED) is 0.169. The van der Waals surface area contributed by atoms with Crippen LogP contribution in [0.5, 0.6) is 0 Å². The van der Waals surface area contributed by atoms with E-state index < -0.39 is 31.1 Å². The number of aliphatic hydroxyl groups is 3. The molecule has 11 nitrogen and oxygen atoms in total. The van der Waals surface area contributed by atoms with Gasteiger partial charge in [-0.2, -0.15) is 0 Å². The standard InChI is InChI=1S/C25H25N7O4/c33-11-18-21(34)22(35)25(36-18)32-13-30-20-23(28-12-29-24(20)32)27-10-9-26-19-14-5-1-3-7-16(14)31-17-8-4-2-6-15(17)19/h1-8,12-13,18,21-22,25,33-35H,9-11H2,(H,26,31)(H,27,28,29)/t18-,21-,22-,25-/m1/s1. The van der Waals surface area contributed by atoms with E-state index in [-0.39, 0.29) is 0 Å². The second-order valence-electron chi connectivity index (χ2n) is 8.65. The molecule has 36 heavy (non-hydrogen) atoms. The summed E-state index contributed by atoms with van der Waals surface area (Å²) in [6.45, 7) is 0.759. The fourth-order valence-corrected chi connectivity index (χ4v) is 4.68. The molecule has 4 heterocycles. The number of fused-ring (bicyclic) bond motifs is 3. The van der Waals surface area contributed by atoms with E-state index in [1.165, 1.54) is 12.7 Å². The molecule has 0 bridgehead atoms. The molecule has 2 aromatic carbocycles. The number of hydrogen-bond donors (Lipinski definition) is 5. The van der Waals surface area contributed by atoms with Crippen molar-refractivity contribution in [2.45, 2.75) is 24.5 Å². The zero-order chi connectivity index (χ0) is 24.6. The third kappa shape index (κ3) is 3.78. The van der Waals surface area contributed by atoms with Crippen molar-refractivity contribution in [2.75, 3.05) is 30.3 Å². The summed E-state index contributed by atoms with van der Waals surface area (Å²) in [5, 5.41) is 38.8. The Morgan fingerprint density at radius 2 is 1.56 bits per heavy atom. The van der Waals surface area contributed by atoms with Crippen LogP contribution in [0, 0.1) is 0 Å². The fourth-order valence-electron chi connectivity index (χ4n) is 4.68. The van der Waals surface area contributed by atoms with Crippen LogP contribution in [0.2, 0.25) is 0 Å². The first-order valence-corrected chi connectivity index (χ1v) is 11.7. The van der Waals surface area contributed by atoms with E-state index >= 15 is 0 Å². The van der Waals surface area contributed by atoms with Gasteiger partial charge in [-0.15, -0.1) is 0 Å². The van der Waals surface area contributed by atoms with Crippen LogP contribution in [-0.4, -0.2) is 77.8 Å². The number of nitrogens with one attached hydrogen (secondary N) is 2. The van der Waals surface area contributed by atoms with Crippen molar-refractivity contribution in [2.24, 2.45) is 0 Å². The molecule has 0 aliphatic carbocycles. The van der Waals surface area contributed by atoms with Gasteiger partial charge in [0.05, 0.1) is 29.7 Å². The molecule has 5 aromatic rings. The highest BCUT2D eigenvalue weighted by Crippen LogP contribution is 2.32. The van der Waals surface area contributed by atoms with Gasteiger partial charge in [0, 0.05) is 23.9 Å². The summed E-state index contributed by atoms with van der Waals surface area (Å²) >= 11 is 0. The van der Waals surface area contributed by atoms with Crippen molar-refractivity contribution < 1.29 is 20.1 Å². The van der Waals surface area contributed by atoms with Crippen LogP contribution in [0.4, 0.5) is 11.5 Å². The van der Waals surface area contributed by atoms with Crippen LogP contribution >= 0.6 is 0 Å². The Labute approximate surface area is 205 Å². The number of nitrogens with zero attached hydrogens (tertiary/aromatic N) is 5. The number of benzene rings is 2. The fraction of sp³-hybridized carbons (Fsp3) is 0.280. The molecule has 4 atom stereocenters. The minimum atomic E-state index is -1.22. The Bertz CT molecular complexity index is 1490. The van der Waals surface area contributed by atoms with E-state index in [0.717, 1.165) is 27.5 Å². The van der Waals surface area contributed by atoms with Crippen molar-refractivity contribution in [1.29, 1.82) is 0 Å². The number of ether oxygens (including phenoxy) is 1. The maximum absolute atomic E-state index is 10.4. The first kappa shape index (κ1) is 22.6. The highest BCUT2D eigenvalue weighted by Gasteiger charge is 2.44. The average molecular weight is 488 g/mol. The lowest BCUT2D eigenvalue weighted by molar-refractivity contribution is -0.0511. The van der Waals surface area contributed by atoms with E-state index in [0.29, 0.717) is 30.1 Å². The SMILES string of the molecule is OC[C@H]1O[C@@H](n2cnc3c(NCCNc4c5ccccc5nc5ccccc45)ncnc32)[C@H](O)[C@@H]1O. The molecule has 11 heteroatoms. The molecule has 0 unspecified atom stereocenters. The summed E-state index contributed by atoms with van der Waals surface area (Å²) in [4.78, 5) is 17.8. The van der Waals surface area contributed by atoms with E-state index in [2.05, 4.69) is 37.7 Å². The van der Waals surface area contributed by atoms with Gasteiger partial charge in [0.1, 0.15) is 24.6 Å². The number of pyridine rings is 1. The largest absolute Gasteiger partial charge is 0.394 e. The second kappa shape index (κ2) is 9.28. The molecule has 0 spiro atoms. The van der Waals surface area contributed by atoms with E-state index in [1.807, 2.05) is 36.4 Å². The van der Waals surface area contributed by atoms with E-state index in [4.69, 9.17) is 9.72 Å². The predicted octanol–water partition coefficient (Wildman–Crippen LogP) is 1.66. The molecule has 0 amide bonds. The third-order valence-electron chi connectivity index (χ3n) is 6.46. The molecule has 6 rings (SSSR count). The molecule has 1 aliphatic rings. The Morgan fingerprint density at radius 1 is 0.861 bits per heavy atom. The zero-order valence-electron chi connectivity index (χ0n) is 19.2. The highest BCUT2D eigenvalue weighted by molar-refractivity contribution is 6.07. The van der Waals surface area contributed by atoms with Crippen LogP contribution in [-0.2, 0) is 4.74 Å². The number of rotatable bonds is 7. The first-order chi connectivity index (χ1) is 17.7. The molecule has 1 saturated heterocycles. The lowest BCUT2D eigenvalue weighted by atomic mass is 10.1. The normalized spacial score (nSPS) is 22.0. The van der Waals surface area contributed by atoms with Gasteiger partial charge in [0.2, 0.25) is 0 Å². The maximum atomic E-state index is 10.4. The van der Waals surface area contributed by atoms with Gasteiger partial charge in [-0.1, -0.05) is 36.4 Å². The van der Waals surface area contributed by atoms with Gasteiger partial charge in [0.25, 0.3) is 0 Å². The summed E-state index contributed by atoms with van der Waals surface area (Å²) in [7, 11) is 0. The molecule has 0 radical (unpaired) electrons. The highest BCUT2D eigenvalue weighted by atomic mass is 16.6. The maximum Gasteiger partial charge on any atom is 0.167 e. The molecule has 3 aromatic heterocycles. The second-order valence-corrected chi connectivity index (χ2v) is 8.65. The van der Waals surface area contributed by atoms with Crippen molar-refractivity contribution in [3.05, 3.63) is 61.2 Å². The minimum absolute atomic E-state index is 0.405. The minimum Gasteiger partial charge on any atom is -0.394 e. The summed E-state index contributed by atoms with van der Waals surface area (Å²) in [5.74, 6) is 0.539. The lowest BCUT2D eigenvalue weighted by Gasteiger charge is -2.16. The van der Waals surface area contributed by atoms with Crippen LogP contribution < -0.4 is 10.6 Å². The molecular weight excluding hydrogens is 462 g/mol. The van der Waals surface area contributed by atoms with Gasteiger partial charge >= 0.3 is 0 Å². The summed E-state index contributed by atoms with van der Waals surface area (Å²) < 4.78 is 7.16. The third-order valence-corrected chi connectivity index (χ3v) is 6.46. The molecule has 5 N–H and O–H groups in total. The number of imidazole rings is 1. The Kier molecular flexibility index (Phi) is 5.82. The molecule has 1 fully saturated rings. The van der Waals surface area contributed by atoms with Crippen LogP contribution in [0.25, 0.3) is 33.0 Å². The Hall–Kier alpha value is -3.90. The molecular formula is C25H25N7O4. The Balaban J connectivity index is 1.21. The van der Waals surface area contributed by atoms with E-state index in [1.54, 1.807) is 4.57 Å². The Morgan fingerprint density at radius 3 is 2.25 bits per heavy atom. The van der Waals surface area contributed by atoms with Crippen molar-refractivity contribution >= 4 is 44.5 Å². The lowest BCUT2D eigenvalue weighted by Crippen LogP contribution is -2.33. The van der Waals surface area contributed by atoms with Gasteiger partial charge in [-0.3, -0.25) is 4.57 Å². The average Bonchev–Trinajstić information content (AvgIpc) is 3.46. The van der Waals surface area contributed by atoms with Crippen molar-refractivity contribution in [3.63, 3.8) is 0 Å². The molecule has 1 aliphatic heterocycles. The van der Waals surface area contributed by atoms with Gasteiger partial charge < -0.3 is 30.7 Å². The topological polar surface area (TPSA) is 150 Å². The van der Waals surface area contributed by atoms with E-state index in [9.17, 15) is 15.3 Å². The van der Waals surface area contributed by atoms with Crippen molar-refractivity contribution in [1.82, 2.24) is 24.5 Å². The van der Waals surface area contributed by atoms with Crippen molar-refractivity contribution in [3.8, 4) is 0 Å². The summed E-state index contributed by atoms with van der Waals surface area (Å²) in [5.41, 5.74) is 3.84. The molecule has 0 saturated carbocycles. The smallest absolute Gasteiger partial charge is 0.167 e. The van der Waals surface area contributed by atoms with Crippen LogP contribution in [0.1, 0.15) is 6.23 Å². The van der Waals surface area contributed by atoms with Gasteiger partial charge in [-0.25, -0.2) is 19.9 Å². The van der Waals surface area contributed by atoms with Crippen LogP contribution in [0.3, 0.4) is 0 Å². The number of aromatic nitrogens is 5. The monoisotopic (exact) mass is 487 g/mol. The number of aliphatic hydroxyl groups excluding tert-OH is 3. The number of anilines is 2.